The number of methoxy groups -OCH3 is 2. The highest BCUT2D eigenvalue weighted by molar-refractivity contribution is 6.84. The number of ether oxygens (including phenoxy) is 3. The third-order valence-corrected chi connectivity index (χ3v) is 19.0. The van der Waals surface area contributed by atoms with E-state index in [1.807, 2.05) is 24.3 Å². The minimum Gasteiger partial charge on any atom is -0.497 e. The van der Waals surface area contributed by atoms with Crippen molar-refractivity contribution in [3.63, 3.8) is 0 Å². The van der Waals surface area contributed by atoms with Crippen LogP contribution in [0.3, 0.4) is 0 Å². The third kappa shape index (κ3) is 5.86. The highest BCUT2D eigenvalue weighted by atomic mass is 28.5. The first kappa shape index (κ1) is 32.8. The summed E-state index contributed by atoms with van der Waals surface area (Å²) in [5.41, 5.74) is 0.528. The Morgan fingerprint density at radius 1 is 0.881 bits per heavy atom. The highest BCUT2D eigenvalue weighted by Crippen LogP contribution is 2.48. The highest BCUT2D eigenvalue weighted by Gasteiger charge is 2.62. The molecule has 2 aliphatic rings. The molecule has 0 amide bonds. The van der Waals surface area contributed by atoms with Gasteiger partial charge in [0.15, 0.2) is 6.23 Å². The molecule has 4 rings (SSSR count). The zero-order valence-corrected chi connectivity index (χ0v) is 28.7. The van der Waals surface area contributed by atoms with Crippen molar-refractivity contribution in [2.45, 2.75) is 109 Å². The van der Waals surface area contributed by atoms with Gasteiger partial charge in [0.05, 0.1) is 20.3 Å². The quantitative estimate of drug-likeness (QED) is 0.364. The number of nitrogens with zero attached hydrogens (tertiary/aromatic N) is 2. The zero-order chi connectivity index (χ0) is 31.0. The molecule has 0 bridgehead atoms. The first-order valence-electron chi connectivity index (χ1n) is 15.0. The van der Waals surface area contributed by atoms with Gasteiger partial charge in [0.1, 0.15) is 24.1 Å². The Labute approximate surface area is 251 Å². The topological polar surface area (TPSA) is 99.4 Å². The van der Waals surface area contributed by atoms with Gasteiger partial charge in [0.2, 0.25) is 0 Å². The molecule has 2 aliphatic heterocycles. The maximum atomic E-state index is 13.8. The maximum absolute atomic E-state index is 13.8. The summed E-state index contributed by atoms with van der Waals surface area (Å²) in [7, 11) is -2.57. The molecular weight excluding hydrogens is 573 g/mol. The second-order valence-electron chi connectivity index (χ2n) is 12.6. The molecule has 1 aromatic carbocycles. The normalized spacial score (nSPS) is 25.6. The van der Waals surface area contributed by atoms with E-state index >= 15 is 0 Å². The van der Waals surface area contributed by atoms with E-state index in [2.05, 4.69) is 55.4 Å². The van der Waals surface area contributed by atoms with Gasteiger partial charge in [-0.1, -0.05) is 67.5 Å². The Hall–Kier alpha value is -2.07. The van der Waals surface area contributed by atoms with E-state index in [9.17, 15) is 9.59 Å². The van der Waals surface area contributed by atoms with Gasteiger partial charge in [0, 0.05) is 19.4 Å². The Bertz CT molecular complexity index is 1310. The van der Waals surface area contributed by atoms with Crippen LogP contribution in [0.15, 0.2) is 46.1 Å². The summed E-state index contributed by atoms with van der Waals surface area (Å²) in [6.07, 6.45) is -1.32. The second-order valence-corrected chi connectivity index (χ2v) is 21.5. The molecule has 1 unspecified atom stereocenters. The smallest absolute Gasteiger partial charge is 0.335 e. The number of hydrogen-bond acceptors (Lipinski definition) is 8. The molecule has 0 N–H and O–H groups in total. The van der Waals surface area contributed by atoms with Gasteiger partial charge in [-0.05, 0) is 39.9 Å². The van der Waals surface area contributed by atoms with E-state index in [4.69, 9.17) is 27.2 Å². The summed E-state index contributed by atoms with van der Waals surface area (Å²) in [6.45, 7) is 17.8. The third-order valence-electron chi connectivity index (χ3n) is 8.74. The standard InChI is InChI=1S/C30H48N2O8Si2/c1-19(2)41(20(3)4)37-18-25-27(39-42(40-41,21(5)6)22(7)8)28(36-10)29(38-25)32-26(33)15-16-31(30(32)34)17-23-11-13-24(35-9)14-12-23/h11-16,19-22,25,27-29H,17-18H2,1-10H3/t25-,27+,28?,29-/m1/s1. The largest absolute Gasteiger partial charge is 0.497 e. The average molecular weight is 621 g/mol. The van der Waals surface area contributed by atoms with E-state index in [0.29, 0.717) is 0 Å². The van der Waals surface area contributed by atoms with Crippen molar-refractivity contribution < 1.29 is 27.2 Å². The van der Waals surface area contributed by atoms with Gasteiger partial charge in [-0.3, -0.25) is 9.36 Å². The molecule has 4 atom stereocenters. The lowest BCUT2D eigenvalue weighted by Gasteiger charge is -2.51. The van der Waals surface area contributed by atoms with Crippen LogP contribution in [0.1, 0.15) is 67.2 Å². The van der Waals surface area contributed by atoms with Crippen molar-refractivity contribution in [2.75, 3.05) is 20.8 Å². The van der Waals surface area contributed by atoms with Crippen LogP contribution >= 0.6 is 0 Å². The molecule has 0 radical (unpaired) electrons. The lowest BCUT2D eigenvalue weighted by atomic mass is 10.1. The van der Waals surface area contributed by atoms with Gasteiger partial charge in [-0.15, -0.1) is 0 Å². The van der Waals surface area contributed by atoms with Crippen LogP contribution < -0.4 is 16.0 Å². The first-order chi connectivity index (χ1) is 19.8. The Morgan fingerprint density at radius 3 is 2.00 bits per heavy atom. The van der Waals surface area contributed by atoms with Crippen LogP contribution in [0.2, 0.25) is 22.2 Å². The van der Waals surface area contributed by atoms with E-state index in [0.717, 1.165) is 15.9 Å². The fraction of sp³-hybridized carbons (Fsp3) is 0.667. The minimum absolute atomic E-state index is 0.113. The van der Waals surface area contributed by atoms with Crippen molar-refractivity contribution in [1.82, 2.24) is 9.13 Å². The number of benzene rings is 1. The van der Waals surface area contributed by atoms with Gasteiger partial charge in [0.25, 0.3) is 5.56 Å². The summed E-state index contributed by atoms with van der Waals surface area (Å²) in [4.78, 5) is 27.1. The average Bonchev–Trinajstić information content (AvgIpc) is 3.25. The first-order valence-corrected chi connectivity index (χ1v) is 18.9. The molecule has 0 aliphatic carbocycles. The molecule has 0 saturated carbocycles. The summed E-state index contributed by atoms with van der Waals surface area (Å²) < 4.78 is 41.7. The van der Waals surface area contributed by atoms with Crippen LogP contribution in [0.4, 0.5) is 0 Å². The molecular formula is C30H48N2O8Si2. The van der Waals surface area contributed by atoms with Crippen molar-refractivity contribution in [1.29, 1.82) is 0 Å². The molecule has 0 spiro atoms. The summed E-state index contributed by atoms with van der Waals surface area (Å²) in [5.74, 6) is 0.725. The Kier molecular flexibility index (Phi) is 10.1. The summed E-state index contributed by atoms with van der Waals surface area (Å²) >= 11 is 0. The maximum Gasteiger partial charge on any atom is 0.335 e. The fourth-order valence-electron chi connectivity index (χ4n) is 6.39. The lowest BCUT2D eigenvalue weighted by Crippen LogP contribution is -2.66. The predicted octanol–water partition coefficient (Wildman–Crippen LogP) is 4.94. The predicted molar refractivity (Wildman–Crippen MR) is 166 cm³/mol. The summed E-state index contributed by atoms with van der Waals surface area (Å²) in [5, 5.41) is 0. The fourth-order valence-corrected chi connectivity index (χ4v) is 17.6. The SMILES string of the molecule is COc1ccc(Cn2ccc(=O)n([C@@H]3O[C@@H]4CO[Si](C(C)C)(C(C)C)O[Si](C(C)C)(C(C)C)O[C@@H]4C3OC)c2=O)cc1. The summed E-state index contributed by atoms with van der Waals surface area (Å²) in [6, 6.07) is 8.84. The van der Waals surface area contributed by atoms with Gasteiger partial charge < -0.3 is 27.2 Å². The van der Waals surface area contributed by atoms with Gasteiger partial charge in [-0.2, -0.15) is 0 Å². The van der Waals surface area contributed by atoms with Gasteiger partial charge >= 0.3 is 22.8 Å². The van der Waals surface area contributed by atoms with Crippen LogP contribution in [-0.2, 0) is 29.0 Å². The van der Waals surface area contributed by atoms with Crippen LogP contribution in [-0.4, -0.2) is 65.4 Å². The van der Waals surface area contributed by atoms with E-state index in [1.165, 1.54) is 16.8 Å². The van der Waals surface area contributed by atoms with E-state index in [1.54, 1.807) is 14.2 Å². The number of hydrogen-bond donors (Lipinski definition) is 0. The van der Waals surface area contributed by atoms with Crippen LogP contribution in [0, 0.1) is 0 Å². The van der Waals surface area contributed by atoms with Crippen molar-refractivity contribution in [3.05, 3.63) is 62.9 Å². The Morgan fingerprint density at radius 2 is 1.48 bits per heavy atom. The molecule has 42 heavy (non-hydrogen) atoms. The molecule has 2 saturated heterocycles. The number of rotatable bonds is 9. The Balaban J connectivity index is 1.77. The molecule has 3 heterocycles. The number of aromatic nitrogens is 2. The van der Waals surface area contributed by atoms with Gasteiger partial charge in [-0.25, -0.2) is 9.36 Å². The molecule has 10 nitrogen and oxygen atoms in total. The second kappa shape index (κ2) is 12.9. The van der Waals surface area contributed by atoms with Crippen molar-refractivity contribution >= 4 is 17.1 Å². The van der Waals surface area contributed by atoms with E-state index < -0.39 is 52.9 Å². The zero-order valence-electron chi connectivity index (χ0n) is 26.7. The molecule has 2 aromatic rings. The van der Waals surface area contributed by atoms with Crippen LogP contribution in [0.5, 0.6) is 5.75 Å². The van der Waals surface area contributed by atoms with E-state index in [-0.39, 0.29) is 35.3 Å². The van der Waals surface area contributed by atoms with Crippen molar-refractivity contribution in [3.8, 4) is 5.75 Å². The molecule has 234 valence electrons. The minimum atomic E-state index is -2.96. The molecule has 2 fully saturated rings. The number of fused-ring (bicyclic) bond motifs is 1. The molecule has 1 aromatic heterocycles. The lowest BCUT2D eigenvalue weighted by molar-refractivity contribution is -0.0658. The monoisotopic (exact) mass is 620 g/mol. The van der Waals surface area contributed by atoms with Crippen LogP contribution in [0.25, 0.3) is 0 Å². The molecule has 12 heteroatoms. The van der Waals surface area contributed by atoms with Crippen molar-refractivity contribution in [2.24, 2.45) is 0 Å².